The van der Waals surface area contributed by atoms with E-state index in [2.05, 4.69) is 37.2 Å². The van der Waals surface area contributed by atoms with Gasteiger partial charge in [-0.3, -0.25) is 0 Å². The Labute approximate surface area is 134 Å². The Morgan fingerprint density at radius 1 is 1.32 bits per heavy atom. The van der Waals surface area contributed by atoms with Gasteiger partial charge in [0.15, 0.2) is 0 Å². The van der Waals surface area contributed by atoms with E-state index >= 15 is 0 Å². The lowest BCUT2D eigenvalue weighted by atomic mass is 9.99. The molecule has 2 nitrogen and oxygen atoms in total. The maximum absolute atomic E-state index is 4.90. The predicted octanol–water partition coefficient (Wildman–Crippen LogP) is 4.51. The van der Waals surface area contributed by atoms with Crippen molar-refractivity contribution < 1.29 is 4.74 Å². The van der Waals surface area contributed by atoms with E-state index in [-0.39, 0.29) is 0 Å². The molecule has 1 saturated heterocycles. The summed E-state index contributed by atoms with van der Waals surface area (Å²) in [5, 5.41) is 2.95. The first-order chi connectivity index (χ1) is 10.7. The molecule has 1 atom stereocenters. The van der Waals surface area contributed by atoms with Crippen LogP contribution in [0, 0.1) is 0 Å². The van der Waals surface area contributed by atoms with Gasteiger partial charge in [0.05, 0.1) is 12.7 Å². The number of hydrogen-bond acceptors (Lipinski definition) is 2. The first kappa shape index (κ1) is 17.7. The minimum Gasteiger partial charge on any atom is -0.389 e. The molecule has 0 amide bonds. The van der Waals surface area contributed by atoms with E-state index in [0.717, 1.165) is 29.9 Å². The average molecular weight is 295 g/mol. The van der Waals surface area contributed by atoms with E-state index in [1.807, 2.05) is 49.4 Å². The Bertz CT molecular complexity index is 536. The standard InChI is InChI=1S/C15H16.C5H9NO/c1-4-6-10-14(5-2)13(3)15-11-8-7-9-12-15;1-2-6-3-5-4-7-5/h4-12H,2-3H2,1H3;2,5-6H,1,3-4H2/b6-4-,14-10+;. The summed E-state index contributed by atoms with van der Waals surface area (Å²) in [4.78, 5) is 0. The smallest absolute Gasteiger partial charge is 0.0981 e. The van der Waals surface area contributed by atoms with Crippen LogP contribution >= 0.6 is 0 Å². The molecule has 1 aliphatic rings. The van der Waals surface area contributed by atoms with Crippen molar-refractivity contribution in [1.29, 1.82) is 0 Å². The number of allylic oxidation sites excluding steroid dienone is 6. The maximum atomic E-state index is 4.90. The summed E-state index contributed by atoms with van der Waals surface area (Å²) in [5.74, 6) is 0. The second-order valence-electron chi connectivity index (χ2n) is 4.76. The molecule has 1 fully saturated rings. The summed E-state index contributed by atoms with van der Waals surface area (Å²) in [6.45, 7) is 15.2. The molecule has 0 spiro atoms. The summed E-state index contributed by atoms with van der Waals surface area (Å²) in [6.07, 6.45) is 9.98. The molecule has 2 heteroatoms. The molecule has 0 bridgehead atoms. The molecule has 1 aliphatic heterocycles. The minimum atomic E-state index is 0.470. The number of benzene rings is 1. The number of epoxide rings is 1. The highest BCUT2D eigenvalue weighted by Gasteiger charge is 2.20. The summed E-state index contributed by atoms with van der Waals surface area (Å²) >= 11 is 0. The Kier molecular flexibility index (Phi) is 8.39. The largest absolute Gasteiger partial charge is 0.389 e. The van der Waals surface area contributed by atoms with Crippen molar-refractivity contribution >= 4 is 5.57 Å². The van der Waals surface area contributed by atoms with Gasteiger partial charge in [-0.05, 0) is 29.8 Å². The quantitative estimate of drug-likeness (QED) is 0.591. The lowest BCUT2D eigenvalue weighted by Crippen LogP contribution is -2.11. The second kappa shape index (κ2) is 10.4. The van der Waals surface area contributed by atoms with Gasteiger partial charge in [0.25, 0.3) is 0 Å². The van der Waals surface area contributed by atoms with Gasteiger partial charge in [-0.2, -0.15) is 0 Å². The van der Waals surface area contributed by atoms with Crippen LogP contribution in [-0.2, 0) is 4.74 Å². The van der Waals surface area contributed by atoms with Crippen LogP contribution in [0.1, 0.15) is 12.5 Å². The van der Waals surface area contributed by atoms with Crippen LogP contribution in [0.3, 0.4) is 0 Å². The SMILES string of the molecule is C=C/C(=C\C=C/C)C(=C)c1ccccc1.C=CNCC1CO1. The van der Waals surface area contributed by atoms with Gasteiger partial charge in [-0.15, -0.1) is 0 Å². The molecule has 116 valence electrons. The summed E-state index contributed by atoms with van der Waals surface area (Å²) < 4.78 is 4.90. The molecule has 22 heavy (non-hydrogen) atoms. The third-order valence-electron chi connectivity index (χ3n) is 3.05. The summed E-state index contributed by atoms with van der Waals surface area (Å²) in [6, 6.07) is 10.1. The van der Waals surface area contributed by atoms with Gasteiger partial charge in [0.2, 0.25) is 0 Å². The molecular formula is C20H25NO. The monoisotopic (exact) mass is 295 g/mol. The zero-order valence-electron chi connectivity index (χ0n) is 13.3. The lowest BCUT2D eigenvalue weighted by Gasteiger charge is -2.05. The third-order valence-corrected chi connectivity index (χ3v) is 3.05. The van der Waals surface area contributed by atoms with Gasteiger partial charge in [-0.25, -0.2) is 0 Å². The fourth-order valence-electron chi connectivity index (χ4n) is 1.70. The maximum Gasteiger partial charge on any atom is 0.0981 e. The number of hydrogen-bond donors (Lipinski definition) is 1. The molecule has 0 aromatic heterocycles. The topological polar surface area (TPSA) is 24.6 Å². The van der Waals surface area contributed by atoms with Crippen LogP contribution < -0.4 is 5.32 Å². The minimum absolute atomic E-state index is 0.470. The third kappa shape index (κ3) is 6.91. The van der Waals surface area contributed by atoms with Gasteiger partial charge in [-0.1, -0.05) is 74.4 Å². The molecule has 0 radical (unpaired) electrons. The van der Waals surface area contributed by atoms with Crippen molar-refractivity contribution in [2.45, 2.75) is 13.0 Å². The number of rotatable bonds is 7. The van der Waals surface area contributed by atoms with E-state index in [1.54, 1.807) is 6.20 Å². The Morgan fingerprint density at radius 3 is 2.50 bits per heavy atom. The van der Waals surface area contributed by atoms with Crippen molar-refractivity contribution in [3.63, 3.8) is 0 Å². The Morgan fingerprint density at radius 2 is 2.00 bits per heavy atom. The zero-order valence-corrected chi connectivity index (χ0v) is 13.3. The molecule has 2 rings (SSSR count). The first-order valence-electron chi connectivity index (χ1n) is 7.39. The fourth-order valence-corrected chi connectivity index (χ4v) is 1.70. The molecule has 1 N–H and O–H groups in total. The van der Waals surface area contributed by atoms with E-state index in [9.17, 15) is 0 Å². The number of ether oxygens (including phenoxy) is 1. The van der Waals surface area contributed by atoms with Crippen molar-refractivity contribution in [2.24, 2.45) is 0 Å². The number of nitrogens with one attached hydrogen (secondary N) is 1. The zero-order chi connectivity index (χ0) is 16.2. The highest BCUT2D eigenvalue weighted by Crippen LogP contribution is 2.21. The van der Waals surface area contributed by atoms with E-state index in [1.165, 1.54) is 0 Å². The average Bonchev–Trinajstić information content (AvgIpc) is 3.39. The molecule has 1 heterocycles. The van der Waals surface area contributed by atoms with Gasteiger partial charge >= 0.3 is 0 Å². The molecule has 1 unspecified atom stereocenters. The van der Waals surface area contributed by atoms with Crippen LogP contribution in [-0.4, -0.2) is 19.3 Å². The normalized spacial score (nSPS) is 16.4. The highest BCUT2D eigenvalue weighted by atomic mass is 16.6. The van der Waals surface area contributed by atoms with Gasteiger partial charge in [0.1, 0.15) is 0 Å². The summed E-state index contributed by atoms with van der Waals surface area (Å²) in [5.41, 5.74) is 3.19. The second-order valence-corrected chi connectivity index (χ2v) is 4.76. The fraction of sp³-hybridized carbons (Fsp3) is 0.200. The molecule has 1 aromatic carbocycles. The first-order valence-corrected chi connectivity index (χ1v) is 7.39. The Hall–Kier alpha value is -2.32. The van der Waals surface area contributed by atoms with Crippen LogP contribution in [0.15, 0.2) is 86.1 Å². The molecule has 0 aliphatic carbocycles. The van der Waals surface area contributed by atoms with Crippen LogP contribution in [0.2, 0.25) is 0 Å². The summed E-state index contributed by atoms with van der Waals surface area (Å²) in [7, 11) is 0. The van der Waals surface area contributed by atoms with Crippen molar-refractivity contribution in [1.82, 2.24) is 5.32 Å². The van der Waals surface area contributed by atoms with Gasteiger partial charge < -0.3 is 10.1 Å². The molecule has 1 aromatic rings. The van der Waals surface area contributed by atoms with E-state index < -0.39 is 0 Å². The van der Waals surface area contributed by atoms with E-state index in [4.69, 9.17) is 4.74 Å². The van der Waals surface area contributed by atoms with Crippen LogP contribution in [0.4, 0.5) is 0 Å². The highest BCUT2D eigenvalue weighted by molar-refractivity contribution is 5.80. The molecule has 0 saturated carbocycles. The lowest BCUT2D eigenvalue weighted by molar-refractivity contribution is 0.405. The van der Waals surface area contributed by atoms with Crippen LogP contribution in [0.5, 0.6) is 0 Å². The molecular weight excluding hydrogens is 270 g/mol. The predicted molar refractivity (Wildman–Crippen MR) is 96.5 cm³/mol. The van der Waals surface area contributed by atoms with Crippen molar-refractivity contribution in [3.8, 4) is 0 Å². The van der Waals surface area contributed by atoms with Gasteiger partial charge in [0, 0.05) is 6.54 Å². The Balaban J connectivity index is 0.000000287. The van der Waals surface area contributed by atoms with E-state index in [0.29, 0.717) is 6.10 Å². The van der Waals surface area contributed by atoms with Crippen molar-refractivity contribution in [2.75, 3.05) is 13.2 Å². The van der Waals surface area contributed by atoms with Crippen LogP contribution in [0.25, 0.3) is 5.57 Å². The van der Waals surface area contributed by atoms with Crippen molar-refractivity contribution in [3.05, 3.63) is 91.7 Å².